The highest BCUT2D eigenvalue weighted by atomic mass is 16.5. The molecule has 4 N–H and O–H groups in total. The number of fused-ring (bicyclic) bond motifs is 1. The Kier molecular flexibility index (Phi) is 3.26. The summed E-state index contributed by atoms with van der Waals surface area (Å²) in [5.41, 5.74) is 10.7. The van der Waals surface area contributed by atoms with Gasteiger partial charge >= 0.3 is 0 Å². The Morgan fingerprint density at radius 3 is 3.05 bits per heavy atom. The van der Waals surface area contributed by atoms with Crippen LogP contribution in [-0.2, 0) is 11.3 Å². The molecule has 102 valence electrons. The minimum atomic E-state index is 0.588. The minimum Gasteiger partial charge on any atom is -0.397 e. The zero-order valence-corrected chi connectivity index (χ0v) is 11.2. The number of nitrogens with zero attached hydrogens (tertiary/aromatic N) is 1. The van der Waals surface area contributed by atoms with E-state index in [1.165, 1.54) is 0 Å². The maximum atomic E-state index is 6.06. The summed E-state index contributed by atoms with van der Waals surface area (Å²) in [5.74, 6) is 0. The van der Waals surface area contributed by atoms with Gasteiger partial charge in [-0.3, -0.25) is 5.10 Å². The molecule has 5 heteroatoms. The SMILES string of the molecule is COCc1cccc(Nc2cc3[nH]ncc3cc2N)c1. The van der Waals surface area contributed by atoms with E-state index in [1.54, 1.807) is 13.3 Å². The van der Waals surface area contributed by atoms with Gasteiger partial charge in [-0.15, -0.1) is 0 Å². The van der Waals surface area contributed by atoms with Gasteiger partial charge in [0, 0.05) is 18.2 Å². The number of H-pyrrole nitrogens is 1. The van der Waals surface area contributed by atoms with Crippen LogP contribution in [-0.4, -0.2) is 17.3 Å². The summed E-state index contributed by atoms with van der Waals surface area (Å²) in [6.07, 6.45) is 1.76. The fourth-order valence-corrected chi connectivity index (χ4v) is 2.18. The normalized spacial score (nSPS) is 10.8. The second-order valence-electron chi connectivity index (χ2n) is 4.66. The molecular weight excluding hydrogens is 252 g/mol. The molecule has 3 aromatic rings. The molecular formula is C15H16N4O. The molecule has 1 aromatic heterocycles. The molecule has 0 amide bonds. The molecule has 0 bridgehead atoms. The number of nitrogens with two attached hydrogens (primary N) is 1. The van der Waals surface area contributed by atoms with E-state index in [-0.39, 0.29) is 0 Å². The van der Waals surface area contributed by atoms with Crippen molar-refractivity contribution in [2.24, 2.45) is 0 Å². The molecule has 20 heavy (non-hydrogen) atoms. The van der Waals surface area contributed by atoms with E-state index in [2.05, 4.69) is 15.5 Å². The number of aromatic nitrogens is 2. The Labute approximate surface area is 116 Å². The zero-order valence-electron chi connectivity index (χ0n) is 11.2. The molecule has 0 spiro atoms. The number of nitrogen functional groups attached to an aromatic ring is 1. The van der Waals surface area contributed by atoms with Crippen LogP contribution in [0.5, 0.6) is 0 Å². The highest BCUT2D eigenvalue weighted by Crippen LogP contribution is 2.28. The number of hydrogen-bond donors (Lipinski definition) is 3. The minimum absolute atomic E-state index is 0.588. The zero-order chi connectivity index (χ0) is 13.9. The Bertz CT molecular complexity index is 736. The van der Waals surface area contributed by atoms with Gasteiger partial charge in [-0.05, 0) is 29.8 Å². The van der Waals surface area contributed by atoms with Crippen LogP contribution in [0.15, 0.2) is 42.6 Å². The Hall–Kier alpha value is -2.53. The van der Waals surface area contributed by atoms with Crippen LogP contribution in [0.2, 0.25) is 0 Å². The van der Waals surface area contributed by atoms with E-state index in [9.17, 15) is 0 Å². The lowest BCUT2D eigenvalue weighted by molar-refractivity contribution is 0.185. The van der Waals surface area contributed by atoms with E-state index >= 15 is 0 Å². The molecule has 0 aliphatic rings. The molecule has 0 aliphatic heterocycles. The smallest absolute Gasteiger partial charge is 0.0713 e. The first kappa shape index (κ1) is 12.5. The number of hydrogen-bond acceptors (Lipinski definition) is 4. The average molecular weight is 268 g/mol. The van der Waals surface area contributed by atoms with Crippen LogP contribution < -0.4 is 11.1 Å². The molecule has 0 radical (unpaired) electrons. The summed E-state index contributed by atoms with van der Waals surface area (Å²) in [5, 5.41) is 11.3. The van der Waals surface area contributed by atoms with Crippen LogP contribution in [0.25, 0.3) is 10.9 Å². The van der Waals surface area contributed by atoms with Crippen LogP contribution >= 0.6 is 0 Å². The number of rotatable bonds is 4. The lowest BCUT2D eigenvalue weighted by atomic mass is 10.1. The van der Waals surface area contributed by atoms with Gasteiger partial charge in [0.25, 0.3) is 0 Å². The molecule has 1 heterocycles. The number of nitrogens with one attached hydrogen (secondary N) is 2. The van der Waals surface area contributed by atoms with Gasteiger partial charge in [0.2, 0.25) is 0 Å². The van der Waals surface area contributed by atoms with Crippen molar-refractivity contribution in [3.05, 3.63) is 48.2 Å². The summed E-state index contributed by atoms with van der Waals surface area (Å²) < 4.78 is 5.14. The topological polar surface area (TPSA) is 76.0 Å². The quantitative estimate of drug-likeness (QED) is 0.636. The van der Waals surface area contributed by atoms with Crippen LogP contribution in [0.3, 0.4) is 0 Å². The second-order valence-corrected chi connectivity index (χ2v) is 4.66. The molecule has 0 atom stereocenters. The highest BCUT2D eigenvalue weighted by Gasteiger charge is 2.04. The predicted octanol–water partition coefficient (Wildman–Crippen LogP) is 3.04. The van der Waals surface area contributed by atoms with Gasteiger partial charge in [0.05, 0.1) is 29.7 Å². The van der Waals surface area contributed by atoms with Crippen molar-refractivity contribution >= 4 is 28.0 Å². The van der Waals surface area contributed by atoms with E-state index in [0.717, 1.165) is 27.8 Å². The Morgan fingerprint density at radius 1 is 1.30 bits per heavy atom. The number of methoxy groups -OCH3 is 1. The standard InChI is InChI=1S/C15H16N4O/c1-20-9-10-3-2-4-12(5-10)18-15-7-14-11(6-13(15)16)8-17-19-14/h2-8,18H,9,16H2,1H3,(H,17,19). The van der Waals surface area contributed by atoms with Gasteiger partial charge in [-0.2, -0.15) is 5.10 Å². The molecule has 0 saturated heterocycles. The van der Waals surface area contributed by atoms with Crippen molar-refractivity contribution in [3.63, 3.8) is 0 Å². The second kappa shape index (κ2) is 5.22. The summed E-state index contributed by atoms with van der Waals surface area (Å²) in [4.78, 5) is 0. The first-order chi connectivity index (χ1) is 9.76. The van der Waals surface area contributed by atoms with Crippen molar-refractivity contribution < 1.29 is 4.74 Å². The van der Waals surface area contributed by atoms with Crippen molar-refractivity contribution in [1.82, 2.24) is 10.2 Å². The Morgan fingerprint density at radius 2 is 2.20 bits per heavy atom. The third-order valence-electron chi connectivity index (χ3n) is 3.13. The molecule has 0 saturated carbocycles. The third-order valence-corrected chi connectivity index (χ3v) is 3.13. The van der Waals surface area contributed by atoms with E-state index in [4.69, 9.17) is 10.5 Å². The van der Waals surface area contributed by atoms with Gasteiger partial charge in [-0.1, -0.05) is 12.1 Å². The highest BCUT2D eigenvalue weighted by molar-refractivity contribution is 5.89. The molecule has 0 aliphatic carbocycles. The van der Waals surface area contributed by atoms with Crippen LogP contribution in [0.4, 0.5) is 17.1 Å². The summed E-state index contributed by atoms with van der Waals surface area (Å²) in [6, 6.07) is 11.9. The van der Waals surface area contributed by atoms with Crippen molar-refractivity contribution in [3.8, 4) is 0 Å². The molecule has 5 nitrogen and oxygen atoms in total. The van der Waals surface area contributed by atoms with Gasteiger partial charge in [0.15, 0.2) is 0 Å². The fourth-order valence-electron chi connectivity index (χ4n) is 2.18. The molecule has 0 unspecified atom stereocenters. The largest absolute Gasteiger partial charge is 0.397 e. The first-order valence-corrected chi connectivity index (χ1v) is 6.34. The Balaban J connectivity index is 1.91. The fraction of sp³-hybridized carbons (Fsp3) is 0.133. The lowest BCUT2D eigenvalue weighted by Gasteiger charge is -2.11. The van der Waals surface area contributed by atoms with Gasteiger partial charge in [0.1, 0.15) is 0 Å². The van der Waals surface area contributed by atoms with Crippen molar-refractivity contribution in [2.45, 2.75) is 6.61 Å². The number of aromatic amines is 1. The van der Waals surface area contributed by atoms with E-state index in [0.29, 0.717) is 12.3 Å². The lowest BCUT2D eigenvalue weighted by Crippen LogP contribution is -1.97. The molecule has 0 fully saturated rings. The van der Waals surface area contributed by atoms with Crippen molar-refractivity contribution in [2.75, 3.05) is 18.2 Å². The predicted molar refractivity (Wildman–Crippen MR) is 80.9 cm³/mol. The maximum Gasteiger partial charge on any atom is 0.0713 e. The maximum absolute atomic E-state index is 6.06. The molecule has 3 rings (SSSR count). The first-order valence-electron chi connectivity index (χ1n) is 6.34. The van der Waals surface area contributed by atoms with E-state index in [1.807, 2.05) is 36.4 Å². The summed E-state index contributed by atoms with van der Waals surface area (Å²) >= 11 is 0. The monoisotopic (exact) mass is 268 g/mol. The van der Waals surface area contributed by atoms with Gasteiger partial charge < -0.3 is 15.8 Å². The summed E-state index contributed by atoms with van der Waals surface area (Å²) in [6.45, 7) is 0.588. The van der Waals surface area contributed by atoms with Crippen LogP contribution in [0, 0.1) is 0 Å². The van der Waals surface area contributed by atoms with Gasteiger partial charge in [-0.25, -0.2) is 0 Å². The van der Waals surface area contributed by atoms with Crippen molar-refractivity contribution in [1.29, 1.82) is 0 Å². The van der Waals surface area contributed by atoms with E-state index < -0.39 is 0 Å². The number of ether oxygens (including phenoxy) is 1. The third kappa shape index (κ3) is 2.44. The van der Waals surface area contributed by atoms with Crippen LogP contribution in [0.1, 0.15) is 5.56 Å². The number of benzene rings is 2. The summed E-state index contributed by atoms with van der Waals surface area (Å²) in [7, 11) is 1.68. The average Bonchev–Trinajstić information content (AvgIpc) is 2.87. The molecule has 2 aromatic carbocycles. The number of anilines is 3.